The third-order valence-corrected chi connectivity index (χ3v) is 7.68. The number of hydrogen-bond acceptors (Lipinski definition) is 4. The summed E-state index contributed by atoms with van der Waals surface area (Å²) in [4.78, 5) is 0.289. The number of aryl methyl sites for hydroxylation is 2. The summed E-state index contributed by atoms with van der Waals surface area (Å²) in [6.45, 7) is 8.46. The highest BCUT2D eigenvalue weighted by Gasteiger charge is 2.42. The fraction of sp³-hybridized carbons (Fsp3) is 0.550. The average Bonchev–Trinajstić information content (AvgIpc) is 3.22. The molecular weight excluding hydrogens is 362 g/mol. The highest BCUT2D eigenvalue weighted by atomic mass is 32.2. The molecule has 0 bridgehead atoms. The number of sulfonamides is 1. The van der Waals surface area contributed by atoms with E-state index < -0.39 is 10.0 Å². The van der Waals surface area contributed by atoms with Gasteiger partial charge >= 0.3 is 0 Å². The van der Waals surface area contributed by atoms with Crippen LogP contribution in [0.4, 0.5) is 0 Å². The topological polar surface area (TPSA) is 64.4 Å². The molecule has 0 radical (unpaired) electrons. The van der Waals surface area contributed by atoms with Crippen LogP contribution in [-0.4, -0.2) is 34.6 Å². The van der Waals surface area contributed by atoms with Crippen LogP contribution < -0.4 is 4.74 Å². The molecule has 0 unspecified atom stereocenters. The van der Waals surface area contributed by atoms with Crippen molar-refractivity contribution in [2.24, 2.45) is 7.05 Å². The van der Waals surface area contributed by atoms with Gasteiger partial charge in [0, 0.05) is 31.3 Å². The maximum absolute atomic E-state index is 13.6. The van der Waals surface area contributed by atoms with E-state index in [0.717, 1.165) is 41.8 Å². The zero-order chi connectivity index (χ0) is 19.6. The first-order valence-corrected chi connectivity index (χ1v) is 10.9. The zero-order valence-corrected chi connectivity index (χ0v) is 17.4. The molecule has 146 valence electrons. The molecule has 1 aromatic carbocycles. The van der Waals surface area contributed by atoms with E-state index in [0.29, 0.717) is 12.3 Å². The SMILES string of the molecule is Cc1nn(C)c(C)c1[C@H]1CCCN1S(=O)(=O)c1cccc2c1OC(C)(C)C2. The Hall–Kier alpha value is -1.86. The van der Waals surface area contributed by atoms with E-state index in [4.69, 9.17) is 4.74 Å². The third-order valence-electron chi connectivity index (χ3n) is 5.74. The number of ether oxygens (including phenoxy) is 1. The second kappa shape index (κ2) is 6.07. The molecule has 0 spiro atoms. The summed E-state index contributed by atoms with van der Waals surface area (Å²) < 4.78 is 36.8. The maximum atomic E-state index is 13.6. The van der Waals surface area contributed by atoms with Gasteiger partial charge in [-0.15, -0.1) is 0 Å². The summed E-state index contributed by atoms with van der Waals surface area (Å²) in [7, 11) is -1.76. The van der Waals surface area contributed by atoms with Gasteiger partial charge in [0.1, 0.15) is 16.2 Å². The Morgan fingerprint density at radius 2 is 2.00 bits per heavy atom. The fourth-order valence-corrected chi connectivity index (χ4v) is 6.33. The van der Waals surface area contributed by atoms with Gasteiger partial charge in [0.15, 0.2) is 0 Å². The van der Waals surface area contributed by atoms with Crippen LogP contribution in [0.15, 0.2) is 23.1 Å². The molecule has 7 heteroatoms. The molecule has 0 amide bonds. The normalized spacial score (nSPS) is 22.0. The van der Waals surface area contributed by atoms with E-state index in [9.17, 15) is 8.42 Å². The van der Waals surface area contributed by atoms with Crippen molar-refractivity contribution in [1.82, 2.24) is 14.1 Å². The van der Waals surface area contributed by atoms with Crippen molar-refractivity contribution in [2.75, 3.05) is 6.54 Å². The molecule has 1 saturated heterocycles. The van der Waals surface area contributed by atoms with Crippen LogP contribution in [0.3, 0.4) is 0 Å². The minimum Gasteiger partial charge on any atom is -0.486 e. The first-order valence-electron chi connectivity index (χ1n) is 9.45. The number of nitrogens with zero attached hydrogens (tertiary/aromatic N) is 3. The Bertz CT molecular complexity index is 1010. The molecular formula is C20H27N3O3S. The van der Waals surface area contributed by atoms with Crippen molar-refractivity contribution < 1.29 is 13.2 Å². The highest BCUT2D eigenvalue weighted by molar-refractivity contribution is 7.89. The molecule has 2 aromatic rings. The van der Waals surface area contributed by atoms with Gasteiger partial charge in [-0.25, -0.2) is 8.42 Å². The van der Waals surface area contributed by atoms with Crippen LogP contribution in [0.5, 0.6) is 5.75 Å². The largest absolute Gasteiger partial charge is 0.486 e. The van der Waals surface area contributed by atoms with Crippen LogP contribution >= 0.6 is 0 Å². The Morgan fingerprint density at radius 3 is 2.67 bits per heavy atom. The van der Waals surface area contributed by atoms with E-state index in [-0.39, 0.29) is 16.5 Å². The Balaban J connectivity index is 1.78. The van der Waals surface area contributed by atoms with Gasteiger partial charge in [0.05, 0.1) is 11.7 Å². The summed E-state index contributed by atoms with van der Waals surface area (Å²) in [5.74, 6) is 0.521. The second-order valence-electron chi connectivity index (χ2n) is 8.26. The molecule has 1 atom stereocenters. The number of fused-ring (bicyclic) bond motifs is 1. The Morgan fingerprint density at radius 1 is 1.26 bits per heavy atom. The van der Waals surface area contributed by atoms with Gasteiger partial charge in [0.2, 0.25) is 10.0 Å². The van der Waals surface area contributed by atoms with Gasteiger partial charge in [-0.3, -0.25) is 4.68 Å². The van der Waals surface area contributed by atoms with Crippen molar-refractivity contribution in [1.29, 1.82) is 0 Å². The second-order valence-corrected chi connectivity index (χ2v) is 10.1. The quantitative estimate of drug-likeness (QED) is 0.808. The monoisotopic (exact) mass is 389 g/mol. The van der Waals surface area contributed by atoms with Crippen LogP contribution in [0.25, 0.3) is 0 Å². The molecule has 6 nitrogen and oxygen atoms in total. The molecule has 0 aliphatic carbocycles. The maximum Gasteiger partial charge on any atom is 0.247 e. The van der Waals surface area contributed by atoms with Gasteiger partial charge in [-0.05, 0) is 52.2 Å². The Kier molecular flexibility index (Phi) is 4.16. The molecule has 1 aromatic heterocycles. The number of rotatable bonds is 3. The molecule has 2 aliphatic rings. The summed E-state index contributed by atoms with van der Waals surface area (Å²) in [6.07, 6.45) is 2.38. The lowest BCUT2D eigenvalue weighted by Gasteiger charge is -2.26. The highest BCUT2D eigenvalue weighted by Crippen LogP contribution is 2.44. The number of para-hydroxylation sites is 1. The number of hydrogen-bond donors (Lipinski definition) is 0. The summed E-state index contributed by atoms with van der Waals surface area (Å²) in [6, 6.07) is 5.28. The molecule has 1 fully saturated rings. The van der Waals surface area contributed by atoms with Gasteiger partial charge in [-0.1, -0.05) is 12.1 Å². The minimum atomic E-state index is -3.66. The lowest BCUT2D eigenvalue weighted by Crippen LogP contribution is -2.32. The van der Waals surface area contributed by atoms with Crippen molar-refractivity contribution in [3.05, 3.63) is 40.7 Å². The van der Waals surface area contributed by atoms with Crippen LogP contribution in [0, 0.1) is 13.8 Å². The Labute approximate surface area is 161 Å². The fourth-order valence-electron chi connectivity index (χ4n) is 4.51. The molecule has 0 N–H and O–H groups in total. The van der Waals surface area contributed by atoms with Gasteiger partial charge in [-0.2, -0.15) is 9.40 Å². The van der Waals surface area contributed by atoms with Crippen molar-refractivity contribution in [2.45, 2.75) is 63.5 Å². The first-order chi connectivity index (χ1) is 12.6. The van der Waals surface area contributed by atoms with Crippen LogP contribution in [0.2, 0.25) is 0 Å². The predicted octanol–water partition coefficient (Wildman–Crippen LogP) is 3.28. The summed E-state index contributed by atoms with van der Waals surface area (Å²) in [5.41, 5.74) is 3.54. The molecule has 4 rings (SSSR count). The van der Waals surface area contributed by atoms with E-state index >= 15 is 0 Å². The van der Waals surface area contributed by atoms with Gasteiger partial charge in [0.25, 0.3) is 0 Å². The molecule has 3 heterocycles. The standard InChI is InChI=1S/C20H27N3O3S/c1-13-18(14(2)22(5)21-13)16-9-7-11-23(16)27(24,25)17-10-6-8-15-12-20(3,4)26-19(15)17/h6,8,10,16H,7,9,11-12H2,1-5H3/t16-/m1/s1. The minimum absolute atomic E-state index is 0.172. The van der Waals surface area contributed by atoms with Crippen molar-refractivity contribution in [3.8, 4) is 5.75 Å². The van der Waals surface area contributed by atoms with E-state index in [2.05, 4.69) is 5.10 Å². The molecule has 0 saturated carbocycles. The zero-order valence-electron chi connectivity index (χ0n) is 16.6. The molecule has 27 heavy (non-hydrogen) atoms. The van der Waals surface area contributed by atoms with Gasteiger partial charge < -0.3 is 4.74 Å². The number of aromatic nitrogens is 2. The molecule has 2 aliphatic heterocycles. The first kappa shape index (κ1) is 18.5. The lowest BCUT2D eigenvalue weighted by molar-refractivity contribution is 0.134. The summed E-state index contributed by atoms with van der Waals surface area (Å²) >= 11 is 0. The van der Waals surface area contributed by atoms with Crippen molar-refractivity contribution >= 4 is 10.0 Å². The van der Waals surface area contributed by atoms with E-state index in [1.807, 2.05) is 51.6 Å². The average molecular weight is 390 g/mol. The predicted molar refractivity (Wildman–Crippen MR) is 103 cm³/mol. The number of benzene rings is 1. The lowest BCUT2D eigenvalue weighted by atomic mass is 10.0. The van der Waals surface area contributed by atoms with Crippen LogP contribution in [-0.2, 0) is 23.5 Å². The van der Waals surface area contributed by atoms with E-state index in [1.165, 1.54) is 0 Å². The van der Waals surface area contributed by atoms with E-state index in [1.54, 1.807) is 10.4 Å². The van der Waals surface area contributed by atoms with Crippen molar-refractivity contribution in [3.63, 3.8) is 0 Å². The smallest absolute Gasteiger partial charge is 0.247 e. The van der Waals surface area contributed by atoms with Crippen LogP contribution in [0.1, 0.15) is 55.2 Å². The third kappa shape index (κ3) is 2.88. The summed E-state index contributed by atoms with van der Waals surface area (Å²) in [5, 5.41) is 4.49.